The van der Waals surface area contributed by atoms with E-state index in [2.05, 4.69) is 4.90 Å². The highest BCUT2D eigenvalue weighted by atomic mass is 16.3. The molecular formula is C23H28N2O2. The molecule has 142 valence electrons. The molecule has 2 aliphatic rings. The maximum absolute atomic E-state index is 13.3. The fraction of sp³-hybridized carbons (Fsp3) is 0.435. The molecule has 1 aliphatic carbocycles. The van der Waals surface area contributed by atoms with Gasteiger partial charge >= 0.3 is 0 Å². The third-order valence-electron chi connectivity index (χ3n) is 5.79. The number of rotatable bonds is 6. The van der Waals surface area contributed by atoms with Crippen LogP contribution >= 0.6 is 0 Å². The zero-order chi connectivity index (χ0) is 18.6. The lowest BCUT2D eigenvalue weighted by molar-refractivity contribution is 0.0407. The fourth-order valence-electron chi connectivity index (χ4n) is 4.08. The van der Waals surface area contributed by atoms with E-state index in [4.69, 9.17) is 0 Å². The summed E-state index contributed by atoms with van der Waals surface area (Å²) < 4.78 is 0. The van der Waals surface area contributed by atoms with Crippen LogP contribution in [0.25, 0.3) is 11.1 Å². The van der Waals surface area contributed by atoms with E-state index >= 15 is 0 Å². The van der Waals surface area contributed by atoms with Crippen molar-refractivity contribution in [2.45, 2.75) is 25.3 Å². The van der Waals surface area contributed by atoms with Crippen molar-refractivity contribution in [2.75, 3.05) is 32.8 Å². The number of nitrogens with zero attached hydrogens (tertiary/aromatic N) is 2. The standard InChI is InChI=1S/C23H28N2O2/c26-15-12-20-17-25(14-13-24(20)16-18-10-11-18)23(27)22-9-5-4-8-21(22)19-6-2-1-3-7-19/h1-9,18,20,26H,10-17H2. The van der Waals surface area contributed by atoms with E-state index < -0.39 is 0 Å². The van der Waals surface area contributed by atoms with E-state index in [1.807, 2.05) is 59.5 Å². The first-order chi connectivity index (χ1) is 13.3. The Morgan fingerprint density at radius 3 is 2.48 bits per heavy atom. The molecule has 4 rings (SSSR count). The molecule has 0 aromatic heterocycles. The number of amides is 1. The van der Waals surface area contributed by atoms with E-state index in [0.717, 1.165) is 48.7 Å². The zero-order valence-electron chi connectivity index (χ0n) is 15.8. The molecule has 4 heteroatoms. The molecule has 1 atom stereocenters. The molecule has 1 saturated heterocycles. The van der Waals surface area contributed by atoms with Crippen LogP contribution in [-0.2, 0) is 0 Å². The summed E-state index contributed by atoms with van der Waals surface area (Å²) >= 11 is 0. The van der Waals surface area contributed by atoms with Gasteiger partial charge < -0.3 is 10.0 Å². The minimum absolute atomic E-state index is 0.100. The van der Waals surface area contributed by atoms with Gasteiger partial charge in [-0.15, -0.1) is 0 Å². The fourth-order valence-corrected chi connectivity index (χ4v) is 4.08. The van der Waals surface area contributed by atoms with Crippen LogP contribution in [0.1, 0.15) is 29.6 Å². The summed E-state index contributed by atoms with van der Waals surface area (Å²) in [5, 5.41) is 9.49. The van der Waals surface area contributed by atoms with Crippen LogP contribution in [0.4, 0.5) is 0 Å². The molecule has 1 heterocycles. The second-order valence-corrected chi connectivity index (χ2v) is 7.77. The van der Waals surface area contributed by atoms with Gasteiger partial charge in [-0.1, -0.05) is 48.5 Å². The largest absolute Gasteiger partial charge is 0.396 e. The van der Waals surface area contributed by atoms with Crippen LogP contribution in [0, 0.1) is 5.92 Å². The van der Waals surface area contributed by atoms with Crippen molar-refractivity contribution in [1.29, 1.82) is 0 Å². The Morgan fingerprint density at radius 2 is 1.74 bits per heavy atom. The molecule has 1 saturated carbocycles. The van der Waals surface area contributed by atoms with Gasteiger partial charge in [-0.25, -0.2) is 0 Å². The highest BCUT2D eigenvalue weighted by Crippen LogP contribution is 2.32. The number of hydrogen-bond acceptors (Lipinski definition) is 3. The summed E-state index contributed by atoms with van der Waals surface area (Å²) in [6.07, 6.45) is 3.39. The van der Waals surface area contributed by atoms with E-state index in [1.165, 1.54) is 12.8 Å². The van der Waals surface area contributed by atoms with Crippen LogP contribution in [0.2, 0.25) is 0 Å². The van der Waals surface area contributed by atoms with Gasteiger partial charge in [-0.3, -0.25) is 9.69 Å². The second kappa shape index (κ2) is 8.24. The lowest BCUT2D eigenvalue weighted by atomic mass is 9.98. The number of carbonyl (C=O) groups is 1. The maximum atomic E-state index is 13.3. The van der Waals surface area contributed by atoms with Crippen LogP contribution in [0.3, 0.4) is 0 Å². The number of aliphatic hydroxyl groups excluding tert-OH is 1. The van der Waals surface area contributed by atoms with Crippen molar-refractivity contribution in [1.82, 2.24) is 9.80 Å². The molecule has 2 aromatic rings. The van der Waals surface area contributed by atoms with Crippen molar-refractivity contribution in [2.24, 2.45) is 5.92 Å². The van der Waals surface area contributed by atoms with Crippen molar-refractivity contribution < 1.29 is 9.90 Å². The molecule has 1 aliphatic heterocycles. The number of aliphatic hydroxyl groups is 1. The normalized spacial score (nSPS) is 20.6. The quantitative estimate of drug-likeness (QED) is 0.856. The lowest BCUT2D eigenvalue weighted by Crippen LogP contribution is -2.55. The molecule has 2 aromatic carbocycles. The van der Waals surface area contributed by atoms with Crippen molar-refractivity contribution >= 4 is 5.91 Å². The number of carbonyl (C=O) groups excluding carboxylic acids is 1. The van der Waals surface area contributed by atoms with Crippen LogP contribution < -0.4 is 0 Å². The average Bonchev–Trinajstić information content (AvgIpc) is 3.54. The number of piperazine rings is 1. The van der Waals surface area contributed by atoms with Gasteiger partial charge in [0.15, 0.2) is 0 Å². The molecule has 2 fully saturated rings. The highest BCUT2D eigenvalue weighted by Gasteiger charge is 2.33. The molecule has 1 unspecified atom stereocenters. The minimum Gasteiger partial charge on any atom is -0.396 e. The Bertz CT molecular complexity index is 773. The minimum atomic E-state index is 0.100. The van der Waals surface area contributed by atoms with Gasteiger partial charge in [0.1, 0.15) is 0 Å². The molecule has 27 heavy (non-hydrogen) atoms. The Balaban J connectivity index is 1.53. The molecule has 4 nitrogen and oxygen atoms in total. The van der Waals surface area contributed by atoms with Gasteiger partial charge in [0.25, 0.3) is 5.91 Å². The smallest absolute Gasteiger partial charge is 0.254 e. The van der Waals surface area contributed by atoms with Gasteiger partial charge in [0, 0.05) is 44.4 Å². The Morgan fingerprint density at radius 1 is 1.00 bits per heavy atom. The molecule has 1 amide bonds. The molecule has 0 radical (unpaired) electrons. The third-order valence-corrected chi connectivity index (χ3v) is 5.79. The molecular weight excluding hydrogens is 336 g/mol. The predicted octanol–water partition coefficient (Wildman–Crippen LogP) is 3.27. The third kappa shape index (κ3) is 4.23. The van der Waals surface area contributed by atoms with Gasteiger partial charge in [0.2, 0.25) is 0 Å². The van der Waals surface area contributed by atoms with Crippen molar-refractivity contribution in [3.63, 3.8) is 0 Å². The Labute approximate surface area is 161 Å². The number of benzene rings is 2. The lowest BCUT2D eigenvalue weighted by Gasteiger charge is -2.41. The maximum Gasteiger partial charge on any atom is 0.254 e. The topological polar surface area (TPSA) is 43.8 Å². The van der Waals surface area contributed by atoms with E-state index in [1.54, 1.807) is 0 Å². The van der Waals surface area contributed by atoms with E-state index in [0.29, 0.717) is 6.54 Å². The summed E-state index contributed by atoms with van der Waals surface area (Å²) in [4.78, 5) is 17.8. The first-order valence-corrected chi connectivity index (χ1v) is 10.0. The zero-order valence-corrected chi connectivity index (χ0v) is 15.8. The van der Waals surface area contributed by atoms with Gasteiger partial charge in [0.05, 0.1) is 0 Å². The first-order valence-electron chi connectivity index (χ1n) is 10.0. The first kappa shape index (κ1) is 18.2. The van der Waals surface area contributed by atoms with E-state index in [9.17, 15) is 9.90 Å². The van der Waals surface area contributed by atoms with Crippen molar-refractivity contribution in [3.8, 4) is 11.1 Å². The summed E-state index contributed by atoms with van der Waals surface area (Å²) in [5.74, 6) is 0.927. The molecule has 0 bridgehead atoms. The SMILES string of the molecule is O=C(c1ccccc1-c1ccccc1)N1CCN(CC2CC2)C(CCO)C1. The highest BCUT2D eigenvalue weighted by molar-refractivity contribution is 6.01. The second-order valence-electron chi connectivity index (χ2n) is 7.77. The predicted molar refractivity (Wildman–Crippen MR) is 108 cm³/mol. The van der Waals surface area contributed by atoms with E-state index in [-0.39, 0.29) is 18.6 Å². The van der Waals surface area contributed by atoms with Crippen molar-refractivity contribution in [3.05, 3.63) is 60.2 Å². The summed E-state index contributed by atoms with van der Waals surface area (Å²) in [5.41, 5.74) is 2.82. The molecule has 0 spiro atoms. The summed E-state index contributed by atoms with van der Waals surface area (Å²) in [6, 6.07) is 18.2. The Hall–Kier alpha value is -2.17. The van der Waals surface area contributed by atoms with Gasteiger partial charge in [-0.05, 0) is 42.4 Å². The van der Waals surface area contributed by atoms with Crippen LogP contribution in [0.15, 0.2) is 54.6 Å². The number of hydrogen-bond donors (Lipinski definition) is 1. The van der Waals surface area contributed by atoms with Crippen LogP contribution in [-0.4, -0.2) is 59.6 Å². The Kier molecular flexibility index (Phi) is 5.55. The monoisotopic (exact) mass is 364 g/mol. The van der Waals surface area contributed by atoms with Gasteiger partial charge in [-0.2, -0.15) is 0 Å². The summed E-state index contributed by atoms with van der Waals surface area (Å²) in [6.45, 7) is 3.66. The van der Waals surface area contributed by atoms with Crippen LogP contribution in [0.5, 0.6) is 0 Å². The summed E-state index contributed by atoms with van der Waals surface area (Å²) in [7, 11) is 0. The average molecular weight is 364 g/mol. The molecule has 1 N–H and O–H groups in total.